The summed E-state index contributed by atoms with van der Waals surface area (Å²) in [4.78, 5) is 18.6. The van der Waals surface area contributed by atoms with Crippen LogP contribution in [0.1, 0.15) is 5.56 Å². The number of hydrogen-bond donors (Lipinski definition) is 0. The smallest absolute Gasteiger partial charge is 0.252 e. The predicted octanol–water partition coefficient (Wildman–Crippen LogP) is 4.93. The minimum atomic E-state index is -0.170. The van der Waals surface area contributed by atoms with Gasteiger partial charge in [-0.25, -0.2) is 0 Å². The summed E-state index contributed by atoms with van der Waals surface area (Å²) in [5, 5.41) is 0.658. The monoisotopic (exact) mass is 388 g/mol. The van der Waals surface area contributed by atoms with Crippen molar-refractivity contribution in [3.63, 3.8) is 0 Å². The molecule has 0 fully saturated rings. The van der Waals surface area contributed by atoms with Crippen LogP contribution in [0.3, 0.4) is 0 Å². The number of carbonyl (C=O) groups excluding carboxylic acids is 1. The number of fused-ring (bicyclic) bond motifs is 1. The van der Waals surface area contributed by atoms with Gasteiger partial charge in [0, 0.05) is 16.5 Å². The molecule has 6 heteroatoms. The molecule has 0 radical (unpaired) electrons. The maximum atomic E-state index is 12.4. The van der Waals surface area contributed by atoms with Crippen LogP contribution in [0, 0.1) is 0 Å². The quantitative estimate of drug-likeness (QED) is 0.458. The van der Waals surface area contributed by atoms with Gasteiger partial charge < -0.3 is 4.57 Å². The van der Waals surface area contributed by atoms with Gasteiger partial charge >= 0.3 is 0 Å². The molecule has 0 bridgehead atoms. The molecule has 3 aromatic rings. The van der Waals surface area contributed by atoms with E-state index in [-0.39, 0.29) is 12.3 Å². The van der Waals surface area contributed by atoms with Crippen LogP contribution in [-0.2, 0) is 17.8 Å². The van der Waals surface area contributed by atoms with Crippen LogP contribution in [0.25, 0.3) is 10.2 Å². The first kappa shape index (κ1) is 18.0. The van der Waals surface area contributed by atoms with E-state index >= 15 is 0 Å². The Kier molecular flexibility index (Phi) is 5.78. The molecule has 0 aliphatic rings. The fraction of sp³-hybridized carbons (Fsp3) is 0.158. The molecule has 0 aliphatic carbocycles. The molecule has 128 valence electrons. The Morgan fingerprint density at radius 2 is 2.08 bits per heavy atom. The summed E-state index contributed by atoms with van der Waals surface area (Å²) in [6.45, 7) is 4.43. The third-order valence-electron chi connectivity index (χ3n) is 3.69. The van der Waals surface area contributed by atoms with Crippen molar-refractivity contribution in [3.05, 3.63) is 70.5 Å². The summed E-state index contributed by atoms with van der Waals surface area (Å²) >= 11 is 9.11. The standard InChI is InChI=1S/C19H17ClN2OS2/c1-3-10-22-16-9-8-15(24-2)12-17(16)25-19(22)21-18(23)11-13-4-6-14(20)7-5-13/h3-9,12H,1,10-11H2,2H3. The minimum absolute atomic E-state index is 0.170. The molecule has 0 aliphatic heterocycles. The molecular formula is C19H17ClN2OS2. The molecule has 1 heterocycles. The molecule has 0 atom stereocenters. The first-order chi connectivity index (χ1) is 12.1. The van der Waals surface area contributed by atoms with Crippen molar-refractivity contribution in [3.8, 4) is 0 Å². The van der Waals surface area contributed by atoms with E-state index in [1.807, 2.05) is 29.0 Å². The lowest BCUT2D eigenvalue weighted by Crippen LogP contribution is -2.16. The Hall–Kier alpha value is -1.82. The van der Waals surface area contributed by atoms with E-state index in [9.17, 15) is 4.79 Å². The van der Waals surface area contributed by atoms with E-state index < -0.39 is 0 Å². The molecule has 0 spiro atoms. The molecular weight excluding hydrogens is 372 g/mol. The Morgan fingerprint density at radius 3 is 2.76 bits per heavy atom. The molecule has 3 rings (SSSR count). The van der Waals surface area contributed by atoms with Gasteiger partial charge in [-0.15, -0.1) is 18.3 Å². The lowest BCUT2D eigenvalue weighted by Gasteiger charge is -2.02. The Balaban J connectivity index is 1.98. The van der Waals surface area contributed by atoms with Gasteiger partial charge in [0.1, 0.15) is 0 Å². The summed E-state index contributed by atoms with van der Waals surface area (Å²) in [6.07, 6.45) is 4.13. The summed E-state index contributed by atoms with van der Waals surface area (Å²) in [5.74, 6) is -0.170. The van der Waals surface area contributed by atoms with Crippen LogP contribution >= 0.6 is 34.7 Å². The van der Waals surface area contributed by atoms with Gasteiger partial charge in [0.25, 0.3) is 5.91 Å². The highest BCUT2D eigenvalue weighted by atomic mass is 35.5. The number of nitrogens with zero attached hydrogens (tertiary/aromatic N) is 2. The Morgan fingerprint density at radius 1 is 1.32 bits per heavy atom. The number of rotatable bonds is 5. The molecule has 1 aromatic heterocycles. The summed E-state index contributed by atoms with van der Waals surface area (Å²) in [6, 6.07) is 13.6. The largest absolute Gasteiger partial charge is 0.313 e. The fourth-order valence-corrected chi connectivity index (χ4v) is 4.23. The normalized spacial score (nSPS) is 11.8. The first-order valence-corrected chi connectivity index (χ1v) is 10.1. The van der Waals surface area contributed by atoms with E-state index in [0.29, 0.717) is 16.4 Å². The van der Waals surface area contributed by atoms with Crippen molar-refractivity contribution >= 4 is 50.8 Å². The topological polar surface area (TPSA) is 34.4 Å². The second-order valence-corrected chi connectivity index (χ2v) is 7.75. The fourth-order valence-electron chi connectivity index (χ4n) is 2.49. The molecule has 1 amide bonds. The first-order valence-electron chi connectivity index (χ1n) is 7.71. The van der Waals surface area contributed by atoms with Gasteiger partial charge in [0.2, 0.25) is 0 Å². The van der Waals surface area contributed by atoms with Crippen LogP contribution in [-0.4, -0.2) is 16.7 Å². The zero-order chi connectivity index (χ0) is 17.8. The van der Waals surface area contributed by atoms with Crippen molar-refractivity contribution < 1.29 is 4.79 Å². The highest BCUT2D eigenvalue weighted by molar-refractivity contribution is 7.98. The van der Waals surface area contributed by atoms with Crippen molar-refractivity contribution in [2.24, 2.45) is 4.99 Å². The molecule has 2 aromatic carbocycles. The number of halogens is 1. The summed E-state index contributed by atoms with van der Waals surface area (Å²) < 4.78 is 3.14. The average molecular weight is 389 g/mol. The van der Waals surface area contributed by atoms with E-state index in [0.717, 1.165) is 15.8 Å². The van der Waals surface area contributed by atoms with Crippen molar-refractivity contribution in [1.82, 2.24) is 4.57 Å². The number of thiazole rings is 1. The van der Waals surface area contributed by atoms with Gasteiger partial charge in [-0.3, -0.25) is 4.79 Å². The van der Waals surface area contributed by atoms with E-state index in [4.69, 9.17) is 11.6 Å². The molecule has 0 saturated heterocycles. The van der Waals surface area contributed by atoms with Crippen LogP contribution in [0.2, 0.25) is 5.02 Å². The lowest BCUT2D eigenvalue weighted by atomic mass is 10.1. The summed E-state index contributed by atoms with van der Waals surface area (Å²) in [7, 11) is 0. The SMILES string of the molecule is C=CCn1c(=NC(=O)Cc2ccc(Cl)cc2)sc2cc(SC)ccc21. The number of amides is 1. The second-order valence-electron chi connectivity index (χ2n) is 5.43. The van der Waals surface area contributed by atoms with Crippen LogP contribution in [0.15, 0.2) is 65.0 Å². The molecule has 3 nitrogen and oxygen atoms in total. The zero-order valence-corrected chi connectivity index (χ0v) is 16.1. The maximum absolute atomic E-state index is 12.4. The maximum Gasteiger partial charge on any atom is 0.252 e. The van der Waals surface area contributed by atoms with Crippen LogP contribution < -0.4 is 4.80 Å². The molecule has 25 heavy (non-hydrogen) atoms. The number of carbonyl (C=O) groups is 1. The third-order valence-corrected chi connectivity index (χ3v) is 5.71. The van der Waals surface area contributed by atoms with Crippen LogP contribution in [0.5, 0.6) is 0 Å². The van der Waals surface area contributed by atoms with Crippen molar-refractivity contribution in [2.45, 2.75) is 17.9 Å². The Labute approximate surface area is 159 Å². The lowest BCUT2D eigenvalue weighted by molar-refractivity contribution is -0.117. The molecule has 0 N–H and O–H groups in total. The van der Waals surface area contributed by atoms with Gasteiger partial charge in [-0.05, 0) is 42.2 Å². The predicted molar refractivity (Wildman–Crippen MR) is 108 cm³/mol. The minimum Gasteiger partial charge on any atom is -0.313 e. The number of allylic oxidation sites excluding steroid dienone is 1. The van der Waals surface area contributed by atoms with E-state index in [2.05, 4.69) is 29.8 Å². The average Bonchev–Trinajstić information content (AvgIpc) is 2.93. The number of hydrogen-bond acceptors (Lipinski definition) is 3. The van der Waals surface area contributed by atoms with E-state index in [1.165, 1.54) is 16.2 Å². The highest BCUT2D eigenvalue weighted by Gasteiger charge is 2.08. The number of thioether (sulfide) groups is 1. The molecule has 0 saturated carbocycles. The van der Waals surface area contributed by atoms with Gasteiger partial charge in [-0.1, -0.05) is 41.1 Å². The van der Waals surface area contributed by atoms with E-state index in [1.54, 1.807) is 23.9 Å². The van der Waals surface area contributed by atoms with Gasteiger partial charge in [0.05, 0.1) is 16.6 Å². The molecule has 0 unspecified atom stereocenters. The third kappa shape index (κ3) is 4.24. The highest BCUT2D eigenvalue weighted by Crippen LogP contribution is 2.24. The number of benzene rings is 2. The van der Waals surface area contributed by atoms with Crippen molar-refractivity contribution in [1.29, 1.82) is 0 Å². The van der Waals surface area contributed by atoms with Crippen molar-refractivity contribution in [2.75, 3.05) is 6.26 Å². The van der Waals surface area contributed by atoms with Crippen LogP contribution in [0.4, 0.5) is 0 Å². The Bertz CT molecular complexity index is 987. The zero-order valence-electron chi connectivity index (χ0n) is 13.7. The summed E-state index contributed by atoms with van der Waals surface area (Å²) in [5.41, 5.74) is 1.97. The van der Waals surface area contributed by atoms with Gasteiger partial charge in [0.15, 0.2) is 4.80 Å². The van der Waals surface area contributed by atoms with Gasteiger partial charge in [-0.2, -0.15) is 4.99 Å². The number of aromatic nitrogens is 1. The second kappa shape index (κ2) is 8.04.